The monoisotopic (exact) mass is 342 g/mol. The molecule has 4 nitrogen and oxygen atoms in total. The number of benzene rings is 1. The molecule has 5 heteroatoms. The second-order valence-electron chi connectivity index (χ2n) is 5.99. The maximum Gasteiger partial charge on any atom is 0.318 e. The first-order valence-electron chi connectivity index (χ1n) is 8.18. The van der Waals surface area contributed by atoms with E-state index in [1.165, 1.54) is 11.3 Å². The fourth-order valence-electron chi connectivity index (χ4n) is 2.80. The second kappa shape index (κ2) is 8.13. The van der Waals surface area contributed by atoms with Crippen LogP contribution in [0, 0.1) is 0 Å². The third kappa shape index (κ3) is 4.46. The maximum atomic E-state index is 12.7. The minimum atomic E-state index is -0.666. The first-order chi connectivity index (χ1) is 11.7. The van der Waals surface area contributed by atoms with E-state index in [2.05, 4.69) is 17.5 Å². The second-order valence-corrected chi connectivity index (χ2v) is 6.97. The van der Waals surface area contributed by atoms with Crippen molar-refractivity contribution in [3.05, 3.63) is 70.4 Å². The number of rotatable bonds is 6. The van der Waals surface area contributed by atoms with Gasteiger partial charge in [-0.05, 0) is 29.9 Å². The summed E-state index contributed by atoms with van der Waals surface area (Å²) in [6.07, 6.45) is 5.26. The van der Waals surface area contributed by atoms with Crippen LogP contribution in [0.15, 0.2) is 60.0 Å². The van der Waals surface area contributed by atoms with Crippen LogP contribution >= 0.6 is 11.3 Å². The van der Waals surface area contributed by atoms with Crippen LogP contribution in [0.5, 0.6) is 0 Å². The fraction of sp³-hybridized carbons (Fsp3) is 0.316. The number of hydrogen-bond donors (Lipinski definition) is 2. The largest absolute Gasteiger partial charge is 0.386 e. The molecule has 1 unspecified atom stereocenters. The highest BCUT2D eigenvalue weighted by molar-refractivity contribution is 7.10. The standard InChI is InChI=1S/C19H22N2O2S/c22-17(18-11-6-12-24-18)14-21(13-15-7-2-1-3-8-15)19(23)20-16-9-4-5-10-16/h1-8,11-12,16-17,22H,9-10,13-14H2,(H,20,23). The highest BCUT2D eigenvalue weighted by Gasteiger charge is 2.22. The summed E-state index contributed by atoms with van der Waals surface area (Å²) in [5, 5.41) is 15.4. The van der Waals surface area contributed by atoms with Crippen molar-refractivity contribution in [3.8, 4) is 0 Å². The summed E-state index contributed by atoms with van der Waals surface area (Å²) in [7, 11) is 0. The number of nitrogens with one attached hydrogen (secondary N) is 1. The van der Waals surface area contributed by atoms with Crippen LogP contribution in [0.1, 0.15) is 29.4 Å². The van der Waals surface area contributed by atoms with Gasteiger partial charge in [0.1, 0.15) is 6.10 Å². The van der Waals surface area contributed by atoms with Gasteiger partial charge >= 0.3 is 6.03 Å². The molecule has 0 spiro atoms. The zero-order valence-electron chi connectivity index (χ0n) is 13.5. The van der Waals surface area contributed by atoms with Crippen LogP contribution in [0.2, 0.25) is 0 Å². The van der Waals surface area contributed by atoms with Gasteiger partial charge in [-0.15, -0.1) is 11.3 Å². The number of nitrogens with zero attached hydrogens (tertiary/aromatic N) is 1. The number of hydrogen-bond acceptors (Lipinski definition) is 3. The molecule has 0 aliphatic heterocycles. The van der Waals surface area contributed by atoms with Gasteiger partial charge < -0.3 is 15.3 Å². The molecule has 1 aromatic heterocycles. The number of aliphatic hydroxyl groups excluding tert-OH is 1. The molecule has 0 saturated heterocycles. The lowest BCUT2D eigenvalue weighted by Crippen LogP contribution is -2.45. The molecule has 0 bridgehead atoms. The summed E-state index contributed by atoms with van der Waals surface area (Å²) in [6, 6.07) is 13.7. The number of carbonyl (C=O) groups is 1. The molecule has 3 rings (SSSR count). The van der Waals surface area contributed by atoms with Crippen molar-refractivity contribution in [2.45, 2.75) is 31.5 Å². The number of urea groups is 1. The van der Waals surface area contributed by atoms with E-state index in [-0.39, 0.29) is 18.6 Å². The summed E-state index contributed by atoms with van der Waals surface area (Å²) in [4.78, 5) is 15.3. The Morgan fingerprint density at radius 1 is 1.21 bits per heavy atom. The van der Waals surface area contributed by atoms with Crippen molar-refractivity contribution in [1.82, 2.24) is 10.2 Å². The average Bonchev–Trinajstić information content (AvgIpc) is 3.29. The van der Waals surface area contributed by atoms with Gasteiger partial charge in [-0.25, -0.2) is 4.79 Å². The van der Waals surface area contributed by atoms with E-state index < -0.39 is 6.10 Å². The van der Waals surface area contributed by atoms with Crippen molar-refractivity contribution in [1.29, 1.82) is 0 Å². The Labute approximate surface area is 146 Å². The molecule has 2 aromatic rings. The van der Waals surface area contributed by atoms with Crippen molar-refractivity contribution in [3.63, 3.8) is 0 Å². The van der Waals surface area contributed by atoms with Gasteiger partial charge in [0.15, 0.2) is 0 Å². The third-order valence-electron chi connectivity index (χ3n) is 4.10. The molecular weight excluding hydrogens is 320 g/mol. The SMILES string of the molecule is O=C(NC1CC=CC1)N(Cc1ccccc1)CC(O)c1cccs1. The Hall–Kier alpha value is -2.11. The number of thiophene rings is 1. The minimum Gasteiger partial charge on any atom is -0.386 e. The van der Waals surface area contributed by atoms with Crippen LogP contribution in [-0.4, -0.2) is 28.6 Å². The van der Waals surface area contributed by atoms with Gasteiger partial charge in [-0.2, -0.15) is 0 Å². The summed E-state index contributed by atoms with van der Waals surface area (Å²) < 4.78 is 0. The molecule has 1 aromatic carbocycles. The molecule has 2 N–H and O–H groups in total. The van der Waals surface area contributed by atoms with E-state index in [9.17, 15) is 9.90 Å². The quantitative estimate of drug-likeness (QED) is 0.786. The molecule has 0 fully saturated rings. The summed E-state index contributed by atoms with van der Waals surface area (Å²) >= 11 is 1.51. The molecule has 1 aliphatic carbocycles. The molecule has 1 atom stereocenters. The molecule has 2 amide bonds. The predicted octanol–water partition coefficient (Wildman–Crippen LogP) is 3.71. The number of amides is 2. The van der Waals surface area contributed by atoms with E-state index in [4.69, 9.17) is 0 Å². The molecule has 0 radical (unpaired) electrons. The molecule has 1 heterocycles. The van der Waals surface area contributed by atoms with Gasteiger partial charge in [0.2, 0.25) is 0 Å². The van der Waals surface area contributed by atoms with E-state index in [1.54, 1.807) is 4.90 Å². The van der Waals surface area contributed by atoms with Gasteiger partial charge in [-0.1, -0.05) is 48.6 Å². The lowest BCUT2D eigenvalue weighted by atomic mass is 10.2. The fourth-order valence-corrected chi connectivity index (χ4v) is 3.51. The Balaban J connectivity index is 1.68. The van der Waals surface area contributed by atoms with E-state index in [0.29, 0.717) is 6.54 Å². The van der Waals surface area contributed by atoms with Crippen molar-refractivity contribution in [2.24, 2.45) is 0 Å². The highest BCUT2D eigenvalue weighted by Crippen LogP contribution is 2.21. The molecule has 1 aliphatic rings. The van der Waals surface area contributed by atoms with Crippen molar-refractivity contribution in [2.75, 3.05) is 6.54 Å². The normalized spacial score (nSPS) is 15.4. The first-order valence-corrected chi connectivity index (χ1v) is 9.06. The minimum absolute atomic E-state index is 0.122. The van der Waals surface area contributed by atoms with Crippen molar-refractivity contribution >= 4 is 17.4 Å². The Morgan fingerprint density at radius 2 is 1.96 bits per heavy atom. The van der Waals surface area contributed by atoms with Crippen LogP contribution in [-0.2, 0) is 6.54 Å². The average molecular weight is 342 g/mol. The van der Waals surface area contributed by atoms with E-state index >= 15 is 0 Å². The molecule has 0 saturated carbocycles. The van der Waals surface area contributed by atoms with Gasteiger partial charge in [0, 0.05) is 17.5 Å². The number of carbonyl (C=O) groups excluding carboxylic acids is 1. The van der Waals surface area contributed by atoms with E-state index in [1.807, 2.05) is 47.8 Å². The van der Waals surface area contributed by atoms with E-state index in [0.717, 1.165) is 23.3 Å². The maximum absolute atomic E-state index is 12.7. The Morgan fingerprint density at radius 3 is 2.62 bits per heavy atom. The summed E-state index contributed by atoms with van der Waals surface area (Å²) in [5.41, 5.74) is 1.05. The molecular formula is C19H22N2O2S. The Kier molecular flexibility index (Phi) is 5.67. The van der Waals surface area contributed by atoms with Gasteiger partial charge in [0.05, 0.1) is 6.54 Å². The van der Waals surface area contributed by atoms with Crippen LogP contribution in [0.3, 0.4) is 0 Å². The van der Waals surface area contributed by atoms with Crippen molar-refractivity contribution < 1.29 is 9.90 Å². The lowest BCUT2D eigenvalue weighted by Gasteiger charge is -2.27. The highest BCUT2D eigenvalue weighted by atomic mass is 32.1. The van der Waals surface area contributed by atoms with Crippen LogP contribution in [0.4, 0.5) is 4.79 Å². The number of aliphatic hydroxyl groups is 1. The van der Waals surface area contributed by atoms with Crippen LogP contribution < -0.4 is 5.32 Å². The lowest BCUT2D eigenvalue weighted by molar-refractivity contribution is 0.119. The van der Waals surface area contributed by atoms with Gasteiger partial charge in [0.25, 0.3) is 0 Å². The zero-order chi connectivity index (χ0) is 16.8. The van der Waals surface area contributed by atoms with Crippen LogP contribution in [0.25, 0.3) is 0 Å². The van der Waals surface area contributed by atoms with Gasteiger partial charge in [-0.3, -0.25) is 0 Å². The molecule has 24 heavy (non-hydrogen) atoms. The zero-order valence-corrected chi connectivity index (χ0v) is 14.3. The topological polar surface area (TPSA) is 52.6 Å². The Bertz CT molecular complexity index is 662. The summed E-state index contributed by atoms with van der Waals surface area (Å²) in [5.74, 6) is 0. The predicted molar refractivity (Wildman–Crippen MR) is 96.8 cm³/mol. The smallest absolute Gasteiger partial charge is 0.318 e. The summed E-state index contributed by atoms with van der Waals surface area (Å²) in [6.45, 7) is 0.761. The first kappa shape index (κ1) is 16.7. The molecule has 126 valence electrons. The third-order valence-corrected chi connectivity index (χ3v) is 5.08.